The molecule has 228 valence electrons. The van der Waals surface area contributed by atoms with Crippen molar-refractivity contribution in [3.8, 4) is 17.2 Å². The van der Waals surface area contributed by atoms with E-state index in [1.54, 1.807) is 0 Å². The Morgan fingerprint density at radius 3 is 1.00 bits per heavy atom. The zero-order valence-corrected chi connectivity index (χ0v) is 25.7. The Morgan fingerprint density at radius 1 is 0.455 bits per heavy atom. The van der Waals surface area contributed by atoms with Gasteiger partial charge >= 0.3 is 0 Å². The highest BCUT2D eigenvalue weighted by Crippen LogP contribution is 2.41. The maximum Gasteiger partial charge on any atom is 0.119 e. The first-order valence-corrected chi connectivity index (χ1v) is 15.5. The maximum atomic E-state index is 5.94. The van der Waals surface area contributed by atoms with Gasteiger partial charge in [-0.2, -0.15) is 0 Å². The van der Waals surface area contributed by atoms with Gasteiger partial charge in [0.2, 0.25) is 0 Å². The minimum Gasteiger partial charge on any atom is -0.491 e. The second kappa shape index (κ2) is 11.9. The zero-order chi connectivity index (χ0) is 30.1. The van der Waals surface area contributed by atoms with Crippen molar-refractivity contribution >= 4 is 0 Å². The number of ether oxygens (including phenoxy) is 6. The van der Waals surface area contributed by atoms with E-state index in [1.165, 1.54) is 27.8 Å². The van der Waals surface area contributed by atoms with E-state index in [4.69, 9.17) is 28.4 Å². The van der Waals surface area contributed by atoms with Crippen LogP contribution in [-0.2, 0) is 25.0 Å². The van der Waals surface area contributed by atoms with Crippen molar-refractivity contribution in [1.29, 1.82) is 0 Å². The van der Waals surface area contributed by atoms with Crippen LogP contribution in [0.3, 0.4) is 0 Å². The van der Waals surface area contributed by atoms with Crippen molar-refractivity contribution in [2.24, 2.45) is 0 Å². The number of hydrogen-bond acceptors (Lipinski definition) is 6. The Morgan fingerprint density at radius 2 is 0.705 bits per heavy atom. The highest BCUT2D eigenvalue weighted by molar-refractivity contribution is 5.52. The van der Waals surface area contributed by atoms with Crippen molar-refractivity contribution < 1.29 is 28.4 Å². The van der Waals surface area contributed by atoms with Gasteiger partial charge in [-0.05, 0) is 71.1 Å². The molecule has 0 aromatic heterocycles. The van der Waals surface area contributed by atoms with Crippen LogP contribution in [-0.4, -0.2) is 58.0 Å². The highest BCUT2D eigenvalue weighted by Gasteiger charge is 2.33. The van der Waals surface area contributed by atoms with Crippen LogP contribution in [0.2, 0.25) is 0 Å². The van der Waals surface area contributed by atoms with Crippen molar-refractivity contribution in [2.45, 2.75) is 49.9 Å². The fourth-order valence-electron chi connectivity index (χ4n) is 5.68. The zero-order valence-electron chi connectivity index (χ0n) is 25.7. The monoisotopic (exact) mass is 592 g/mol. The summed E-state index contributed by atoms with van der Waals surface area (Å²) in [6, 6.07) is 34.5. The van der Waals surface area contributed by atoms with Gasteiger partial charge in [0.05, 0.1) is 19.8 Å². The summed E-state index contributed by atoms with van der Waals surface area (Å²) in [6.07, 6.45) is 0.699. The minimum atomic E-state index is -0.400. The SMILES string of the molecule is CC(C)(c1ccc(OCC2CO2)cc1)c1ccc(C(C)(c2ccc(OCC3CO3)cc2)c2ccc(OCC3CO3)cc2)cc1. The Balaban J connectivity index is 1.15. The number of hydrogen-bond donors (Lipinski definition) is 0. The first kappa shape index (κ1) is 28.9. The van der Waals surface area contributed by atoms with Crippen LogP contribution in [0.15, 0.2) is 97.1 Å². The van der Waals surface area contributed by atoms with Gasteiger partial charge in [0.25, 0.3) is 0 Å². The third-order valence-electron chi connectivity index (χ3n) is 9.14. The molecule has 6 heteroatoms. The largest absolute Gasteiger partial charge is 0.491 e. The first-order chi connectivity index (χ1) is 21.4. The molecule has 4 aromatic carbocycles. The summed E-state index contributed by atoms with van der Waals surface area (Å²) in [6.45, 7) is 11.0. The predicted molar refractivity (Wildman–Crippen MR) is 169 cm³/mol. The fraction of sp³-hybridized carbons (Fsp3) is 0.368. The molecule has 3 fully saturated rings. The third kappa shape index (κ3) is 6.48. The maximum absolute atomic E-state index is 5.94. The molecule has 3 saturated heterocycles. The van der Waals surface area contributed by atoms with Gasteiger partial charge in [-0.25, -0.2) is 0 Å². The number of epoxide rings is 3. The summed E-state index contributed by atoms with van der Waals surface area (Å²) < 4.78 is 33.6. The van der Waals surface area contributed by atoms with Crippen LogP contribution in [0, 0.1) is 0 Å². The normalized spacial score (nSPS) is 21.7. The molecule has 0 aliphatic carbocycles. The molecule has 0 bridgehead atoms. The Labute approximate surface area is 259 Å². The second-order valence-electron chi connectivity index (χ2n) is 12.7. The molecule has 0 N–H and O–H groups in total. The van der Waals surface area contributed by atoms with Gasteiger partial charge in [0, 0.05) is 10.8 Å². The van der Waals surface area contributed by atoms with Crippen molar-refractivity contribution in [1.82, 2.24) is 0 Å². The molecule has 3 aliphatic rings. The average molecular weight is 593 g/mol. The summed E-state index contributed by atoms with van der Waals surface area (Å²) in [4.78, 5) is 0. The van der Waals surface area contributed by atoms with E-state index in [0.717, 1.165) is 37.1 Å². The lowest BCUT2D eigenvalue weighted by Crippen LogP contribution is -2.26. The molecule has 3 unspecified atom stereocenters. The molecule has 6 nitrogen and oxygen atoms in total. The van der Waals surface area contributed by atoms with Crippen LogP contribution >= 0.6 is 0 Å². The Hall–Kier alpha value is -3.84. The molecule has 44 heavy (non-hydrogen) atoms. The number of rotatable bonds is 14. The molecule has 3 aliphatic heterocycles. The highest BCUT2D eigenvalue weighted by atomic mass is 16.6. The van der Waals surface area contributed by atoms with E-state index in [0.29, 0.717) is 19.8 Å². The van der Waals surface area contributed by atoms with Gasteiger partial charge in [-0.3, -0.25) is 0 Å². The molecule has 3 atom stereocenters. The van der Waals surface area contributed by atoms with Crippen molar-refractivity contribution in [3.63, 3.8) is 0 Å². The van der Waals surface area contributed by atoms with Gasteiger partial charge in [0.15, 0.2) is 0 Å². The van der Waals surface area contributed by atoms with E-state index in [-0.39, 0.29) is 23.7 Å². The minimum absolute atomic E-state index is 0.179. The van der Waals surface area contributed by atoms with Gasteiger partial charge in [-0.15, -0.1) is 0 Å². The van der Waals surface area contributed by atoms with E-state index in [9.17, 15) is 0 Å². The number of benzene rings is 4. The molecule has 0 saturated carbocycles. The Kier molecular flexibility index (Phi) is 7.83. The molecule has 7 rings (SSSR count). The van der Waals surface area contributed by atoms with E-state index in [2.05, 4.69) is 118 Å². The third-order valence-corrected chi connectivity index (χ3v) is 9.14. The fourth-order valence-corrected chi connectivity index (χ4v) is 5.68. The van der Waals surface area contributed by atoms with E-state index >= 15 is 0 Å². The predicted octanol–water partition coefficient (Wildman–Crippen LogP) is 6.70. The van der Waals surface area contributed by atoms with Crippen LogP contribution < -0.4 is 14.2 Å². The summed E-state index contributed by atoms with van der Waals surface area (Å²) in [5.74, 6) is 2.58. The van der Waals surface area contributed by atoms with Crippen molar-refractivity contribution in [3.05, 3.63) is 125 Å². The second-order valence-corrected chi connectivity index (χ2v) is 12.7. The van der Waals surface area contributed by atoms with Crippen LogP contribution in [0.25, 0.3) is 0 Å². The average Bonchev–Trinajstić information content (AvgIpc) is 3.91. The van der Waals surface area contributed by atoms with Crippen molar-refractivity contribution in [2.75, 3.05) is 39.6 Å². The summed E-state index contributed by atoms with van der Waals surface area (Å²) >= 11 is 0. The van der Waals surface area contributed by atoms with Gasteiger partial charge in [0.1, 0.15) is 55.4 Å². The molecule has 0 spiro atoms. The Bertz CT molecular complexity index is 1470. The van der Waals surface area contributed by atoms with Gasteiger partial charge in [-0.1, -0.05) is 74.5 Å². The molecule has 3 heterocycles. The first-order valence-electron chi connectivity index (χ1n) is 15.5. The summed E-state index contributed by atoms with van der Waals surface area (Å²) in [5.41, 5.74) is 5.50. The van der Waals surface area contributed by atoms with Gasteiger partial charge < -0.3 is 28.4 Å². The molecule has 0 radical (unpaired) electrons. The topological polar surface area (TPSA) is 65.3 Å². The van der Waals surface area contributed by atoms with E-state index < -0.39 is 5.41 Å². The molecule has 4 aromatic rings. The molecule has 0 amide bonds. The van der Waals surface area contributed by atoms with Crippen LogP contribution in [0.5, 0.6) is 17.2 Å². The molecular weight excluding hydrogens is 552 g/mol. The lowest BCUT2D eigenvalue weighted by atomic mass is 9.70. The summed E-state index contributed by atoms with van der Waals surface area (Å²) in [5, 5.41) is 0. The summed E-state index contributed by atoms with van der Waals surface area (Å²) in [7, 11) is 0. The smallest absolute Gasteiger partial charge is 0.119 e. The lowest BCUT2D eigenvalue weighted by molar-refractivity contribution is 0.263. The quantitative estimate of drug-likeness (QED) is 0.120. The van der Waals surface area contributed by atoms with Crippen LogP contribution in [0.1, 0.15) is 48.6 Å². The standard InChI is InChI=1S/C38H40O6/c1-37(2,27-8-14-31(15-9-27)39-20-34-23-42-34)26-4-6-28(7-5-26)38(3,29-10-16-32(17-11-29)40-21-35-24-43-35)30-12-18-33(19-13-30)41-22-36-25-44-36/h4-19,34-36H,20-25H2,1-3H3. The van der Waals surface area contributed by atoms with E-state index in [1.807, 2.05) is 0 Å². The van der Waals surface area contributed by atoms with Crippen LogP contribution in [0.4, 0.5) is 0 Å². The molecular formula is C38H40O6. The lowest BCUT2D eigenvalue weighted by Gasteiger charge is -2.33.